The van der Waals surface area contributed by atoms with E-state index in [1.807, 2.05) is 49.1 Å². The fourth-order valence-electron chi connectivity index (χ4n) is 4.96. The van der Waals surface area contributed by atoms with Crippen LogP contribution in [0.4, 0.5) is 0 Å². The molecule has 4 heterocycles. The minimum Gasteiger partial charge on any atom is -0.339 e. The standard InChI is InChI=1S/C25H30N4O3S/c1-16-4-6-19(7-5-16)22-14-21(25(30)28-11-8-17(2)9-12-28)23-18(3)27-29(24(23)26-22)20-10-13-33(31,32)15-20/h4-7,14,17,20H,8-13,15H2,1-3H3. The lowest BCUT2D eigenvalue weighted by molar-refractivity contribution is 0.0699. The van der Waals surface area contributed by atoms with Crippen molar-refractivity contribution in [3.05, 3.63) is 47.2 Å². The fraction of sp³-hybridized carbons (Fsp3) is 0.480. The van der Waals surface area contributed by atoms with E-state index in [2.05, 4.69) is 6.92 Å². The first-order valence-corrected chi connectivity index (χ1v) is 13.5. The molecule has 0 bridgehead atoms. The first-order chi connectivity index (χ1) is 15.7. The van der Waals surface area contributed by atoms with Crippen LogP contribution < -0.4 is 0 Å². The van der Waals surface area contributed by atoms with Crippen LogP contribution in [-0.2, 0) is 9.84 Å². The summed E-state index contributed by atoms with van der Waals surface area (Å²) in [4.78, 5) is 20.6. The Labute approximate surface area is 194 Å². The molecule has 7 nitrogen and oxygen atoms in total. The molecule has 0 saturated carbocycles. The summed E-state index contributed by atoms with van der Waals surface area (Å²) in [6, 6.07) is 9.70. The van der Waals surface area contributed by atoms with E-state index in [9.17, 15) is 13.2 Å². The second-order valence-electron chi connectivity index (χ2n) is 9.68. The number of piperidine rings is 1. The van der Waals surface area contributed by atoms with Gasteiger partial charge in [-0.05, 0) is 45.1 Å². The Morgan fingerprint density at radius 2 is 1.76 bits per heavy atom. The minimum atomic E-state index is -3.08. The Morgan fingerprint density at radius 1 is 1.06 bits per heavy atom. The van der Waals surface area contributed by atoms with Gasteiger partial charge in [0.1, 0.15) is 0 Å². The monoisotopic (exact) mass is 466 g/mol. The Hall–Kier alpha value is -2.74. The van der Waals surface area contributed by atoms with E-state index in [4.69, 9.17) is 10.1 Å². The molecule has 2 saturated heterocycles. The van der Waals surface area contributed by atoms with Gasteiger partial charge in [0.15, 0.2) is 15.5 Å². The molecule has 1 aromatic carbocycles. The van der Waals surface area contributed by atoms with Crippen molar-refractivity contribution < 1.29 is 13.2 Å². The van der Waals surface area contributed by atoms with Gasteiger partial charge in [0.2, 0.25) is 0 Å². The van der Waals surface area contributed by atoms with Gasteiger partial charge in [-0.3, -0.25) is 4.79 Å². The Kier molecular flexibility index (Phi) is 5.51. The Balaban J connectivity index is 1.67. The van der Waals surface area contributed by atoms with E-state index >= 15 is 0 Å². The van der Waals surface area contributed by atoms with Crippen LogP contribution in [0.3, 0.4) is 0 Å². The highest BCUT2D eigenvalue weighted by atomic mass is 32.2. The van der Waals surface area contributed by atoms with Gasteiger partial charge in [-0.25, -0.2) is 18.1 Å². The number of amides is 1. The molecule has 3 aromatic rings. The molecule has 2 aliphatic rings. The molecule has 1 unspecified atom stereocenters. The summed E-state index contributed by atoms with van der Waals surface area (Å²) in [5.74, 6) is 0.855. The third-order valence-corrected chi connectivity index (χ3v) is 8.79. The molecular weight excluding hydrogens is 436 g/mol. The molecule has 33 heavy (non-hydrogen) atoms. The fourth-order valence-corrected chi connectivity index (χ4v) is 6.65. The molecule has 1 atom stereocenters. The van der Waals surface area contributed by atoms with Gasteiger partial charge >= 0.3 is 0 Å². The van der Waals surface area contributed by atoms with Crippen molar-refractivity contribution >= 4 is 26.8 Å². The summed E-state index contributed by atoms with van der Waals surface area (Å²) in [7, 11) is -3.08. The zero-order valence-corrected chi connectivity index (χ0v) is 20.2. The van der Waals surface area contributed by atoms with Gasteiger partial charge in [-0.15, -0.1) is 0 Å². The SMILES string of the molecule is Cc1ccc(-c2cc(C(=O)N3CCC(C)CC3)c3c(C)nn(C4CCS(=O)(=O)C4)c3n2)cc1. The largest absolute Gasteiger partial charge is 0.339 e. The molecule has 0 radical (unpaired) electrons. The van der Waals surface area contributed by atoms with Gasteiger partial charge in [0.25, 0.3) is 5.91 Å². The normalized spacial score (nSPS) is 21.1. The highest BCUT2D eigenvalue weighted by Crippen LogP contribution is 2.33. The van der Waals surface area contributed by atoms with Crippen molar-refractivity contribution in [2.24, 2.45) is 5.92 Å². The summed E-state index contributed by atoms with van der Waals surface area (Å²) in [6.07, 6.45) is 2.52. The first kappa shape index (κ1) is 22.1. The summed E-state index contributed by atoms with van der Waals surface area (Å²) < 4.78 is 26.1. The van der Waals surface area contributed by atoms with Crippen LogP contribution in [-0.4, -0.2) is 58.6 Å². The lowest BCUT2D eigenvalue weighted by Crippen LogP contribution is -2.38. The average molecular weight is 467 g/mol. The topological polar surface area (TPSA) is 85.2 Å². The number of sulfone groups is 1. The van der Waals surface area contributed by atoms with Crippen molar-refractivity contribution in [1.29, 1.82) is 0 Å². The van der Waals surface area contributed by atoms with Crippen LogP contribution in [0.2, 0.25) is 0 Å². The molecule has 2 fully saturated rings. The molecule has 1 amide bonds. The predicted molar refractivity (Wildman–Crippen MR) is 129 cm³/mol. The number of likely N-dealkylation sites (tertiary alicyclic amines) is 1. The number of nitrogens with zero attached hydrogens (tertiary/aromatic N) is 4. The Bertz CT molecular complexity index is 1320. The third kappa shape index (κ3) is 4.16. The van der Waals surface area contributed by atoms with Crippen molar-refractivity contribution in [2.45, 2.75) is 46.1 Å². The second kappa shape index (κ2) is 8.24. The second-order valence-corrected chi connectivity index (χ2v) is 11.9. The van der Waals surface area contributed by atoms with Crippen LogP contribution in [0.25, 0.3) is 22.3 Å². The number of carbonyl (C=O) groups excluding carboxylic acids is 1. The lowest BCUT2D eigenvalue weighted by Gasteiger charge is -2.30. The first-order valence-electron chi connectivity index (χ1n) is 11.7. The number of aromatic nitrogens is 3. The predicted octanol–water partition coefficient (Wildman–Crippen LogP) is 3.95. The number of benzene rings is 1. The van der Waals surface area contributed by atoms with Crippen molar-refractivity contribution in [3.8, 4) is 11.3 Å². The molecule has 0 N–H and O–H groups in total. The Morgan fingerprint density at radius 3 is 2.39 bits per heavy atom. The molecule has 8 heteroatoms. The third-order valence-electron chi connectivity index (χ3n) is 7.04. The number of fused-ring (bicyclic) bond motifs is 1. The zero-order valence-electron chi connectivity index (χ0n) is 19.4. The van der Waals surface area contributed by atoms with Gasteiger partial charge in [-0.2, -0.15) is 5.10 Å². The quantitative estimate of drug-likeness (QED) is 0.584. The summed E-state index contributed by atoms with van der Waals surface area (Å²) >= 11 is 0. The van der Waals surface area contributed by atoms with Crippen LogP contribution in [0, 0.1) is 19.8 Å². The van der Waals surface area contributed by atoms with Crippen molar-refractivity contribution in [1.82, 2.24) is 19.7 Å². The van der Waals surface area contributed by atoms with E-state index < -0.39 is 9.84 Å². The molecule has 0 spiro atoms. The van der Waals surface area contributed by atoms with E-state index in [1.165, 1.54) is 0 Å². The number of pyridine rings is 1. The van der Waals surface area contributed by atoms with Crippen molar-refractivity contribution in [3.63, 3.8) is 0 Å². The molecule has 0 aliphatic carbocycles. The van der Waals surface area contributed by atoms with Gasteiger partial charge < -0.3 is 4.90 Å². The van der Waals surface area contributed by atoms with E-state index in [1.54, 1.807) is 4.68 Å². The van der Waals surface area contributed by atoms with E-state index in [0.717, 1.165) is 42.4 Å². The maximum atomic E-state index is 13.7. The minimum absolute atomic E-state index is 0.00403. The molecule has 2 aliphatic heterocycles. The van der Waals surface area contributed by atoms with E-state index in [-0.39, 0.29) is 23.5 Å². The molecule has 2 aromatic heterocycles. The molecule has 174 valence electrons. The lowest BCUT2D eigenvalue weighted by atomic mass is 9.97. The van der Waals surface area contributed by atoms with Crippen LogP contribution in [0.5, 0.6) is 0 Å². The number of carbonyl (C=O) groups is 1. The number of hydrogen-bond donors (Lipinski definition) is 0. The smallest absolute Gasteiger partial charge is 0.254 e. The van der Waals surface area contributed by atoms with E-state index in [0.29, 0.717) is 34.9 Å². The van der Waals surface area contributed by atoms with Gasteiger partial charge in [-0.1, -0.05) is 36.8 Å². The molecular formula is C25H30N4O3S. The highest BCUT2D eigenvalue weighted by molar-refractivity contribution is 7.91. The number of rotatable bonds is 3. The maximum Gasteiger partial charge on any atom is 0.254 e. The maximum absolute atomic E-state index is 13.7. The zero-order chi connectivity index (χ0) is 23.3. The number of aryl methyl sites for hydroxylation is 2. The van der Waals surface area contributed by atoms with Crippen molar-refractivity contribution in [2.75, 3.05) is 24.6 Å². The molecule has 5 rings (SSSR count). The van der Waals surface area contributed by atoms with Gasteiger partial charge in [0.05, 0.1) is 39.9 Å². The summed E-state index contributed by atoms with van der Waals surface area (Å²) in [5.41, 5.74) is 4.70. The van der Waals surface area contributed by atoms with Crippen LogP contribution >= 0.6 is 0 Å². The summed E-state index contributed by atoms with van der Waals surface area (Å²) in [5, 5.41) is 5.44. The summed E-state index contributed by atoms with van der Waals surface area (Å²) in [6.45, 7) is 7.64. The van der Waals surface area contributed by atoms with Crippen LogP contribution in [0.15, 0.2) is 30.3 Å². The van der Waals surface area contributed by atoms with Gasteiger partial charge in [0, 0.05) is 18.7 Å². The van der Waals surface area contributed by atoms with Crippen LogP contribution in [0.1, 0.15) is 53.8 Å². The number of hydrogen-bond acceptors (Lipinski definition) is 5. The highest BCUT2D eigenvalue weighted by Gasteiger charge is 2.33. The average Bonchev–Trinajstić information content (AvgIpc) is 3.32.